The highest BCUT2D eigenvalue weighted by Gasteiger charge is 1.90. The van der Waals surface area contributed by atoms with Gasteiger partial charge in [-0.15, -0.1) is 0 Å². The fraction of sp³-hybridized carbons (Fsp3) is 1.00. The van der Waals surface area contributed by atoms with Gasteiger partial charge in [0, 0.05) is 14.8 Å². The van der Waals surface area contributed by atoms with E-state index in [9.17, 15) is 0 Å². The van der Waals surface area contributed by atoms with E-state index in [2.05, 4.69) is 6.92 Å². The van der Waals surface area contributed by atoms with Crippen molar-refractivity contribution < 1.29 is 0 Å². The van der Waals surface area contributed by atoms with Crippen LogP contribution in [0.25, 0.3) is 0 Å². The highest BCUT2D eigenvalue weighted by Crippen LogP contribution is 2.07. The van der Waals surface area contributed by atoms with E-state index < -0.39 is 0 Å². The van der Waals surface area contributed by atoms with E-state index in [0.717, 1.165) is 6.32 Å². The van der Waals surface area contributed by atoms with Crippen LogP contribution in [0.15, 0.2) is 0 Å². The Morgan fingerprint density at radius 2 is 1.50 bits per heavy atom. The fourth-order valence-electron chi connectivity index (χ4n) is 1.32. The summed E-state index contributed by atoms with van der Waals surface area (Å²) in [5.41, 5.74) is 0. The molecular formula is C9H19B3. The molecule has 0 aromatic heterocycles. The maximum Gasteiger partial charge on any atom is 0.0544 e. The van der Waals surface area contributed by atoms with Crippen LogP contribution in [-0.2, 0) is 0 Å². The van der Waals surface area contributed by atoms with Crippen molar-refractivity contribution in [2.75, 3.05) is 0 Å². The zero-order valence-corrected chi connectivity index (χ0v) is 8.39. The van der Waals surface area contributed by atoms with Crippen LogP contribution in [0.1, 0.15) is 51.9 Å². The van der Waals surface area contributed by atoms with E-state index in [4.69, 9.17) is 7.74 Å². The van der Waals surface area contributed by atoms with Crippen LogP contribution in [-0.4, -0.2) is 22.0 Å². The van der Waals surface area contributed by atoms with Crippen molar-refractivity contribution in [1.82, 2.24) is 0 Å². The summed E-state index contributed by atoms with van der Waals surface area (Å²) in [4.78, 5) is 0. The zero-order chi connectivity index (χ0) is 9.07. The van der Waals surface area contributed by atoms with Crippen LogP contribution in [0.4, 0.5) is 0 Å². The van der Waals surface area contributed by atoms with Crippen molar-refractivity contribution in [3.8, 4) is 0 Å². The lowest BCUT2D eigenvalue weighted by atomic mass is 9.27. The third-order valence-electron chi connectivity index (χ3n) is 2.11. The summed E-state index contributed by atoms with van der Waals surface area (Å²) >= 11 is 0. The SMILES string of the molecule is [B][B][B]CCCCCCCCC. The van der Waals surface area contributed by atoms with Crippen molar-refractivity contribution in [2.24, 2.45) is 0 Å². The molecule has 0 fully saturated rings. The normalized spacial score (nSPS) is 9.75. The zero-order valence-electron chi connectivity index (χ0n) is 8.39. The Kier molecular flexibility index (Phi) is 11.4. The Bertz CT molecular complexity index is 66.2. The van der Waals surface area contributed by atoms with E-state index in [1.54, 1.807) is 7.06 Å². The largest absolute Gasteiger partial charge is 0.0895 e. The summed E-state index contributed by atoms with van der Waals surface area (Å²) in [5.74, 6) is 0. The van der Waals surface area contributed by atoms with Crippen molar-refractivity contribution in [2.45, 2.75) is 58.2 Å². The summed E-state index contributed by atoms with van der Waals surface area (Å²) in [5, 5.41) is 0. The molecule has 0 aromatic carbocycles. The first kappa shape index (κ1) is 12.2. The minimum Gasteiger partial charge on any atom is -0.0895 e. The molecule has 3 heteroatoms. The number of unbranched alkanes of at least 4 members (excludes halogenated alkanes) is 6. The first-order chi connectivity index (χ1) is 5.91. The van der Waals surface area contributed by atoms with E-state index in [1.807, 2.05) is 7.17 Å². The second-order valence-corrected chi connectivity index (χ2v) is 3.34. The van der Waals surface area contributed by atoms with Gasteiger partial charge in [0.15, 0.2) is 0 Å². The Labute approximate surface area is 80.8 Å². The van der Waals surface area contributed by atoms with Crippen molar-refractivity contribution in [3.05, 3.63) is 0 Å². The quantitative estimate of drug-likeness (QED) is 0.358. The molecule has 0 N–H and O–H groups in total. The molecule has 0 unspecified atom stereocenters. The molecule has 0 saturated heterocycles. The average molecular weight is 160 g/mol. The molecular weight excluding hydrogens is 141 g/mol. The predicted molar refractivity (Wildman–Crippen MR) is 60.1 cm³/mol. The number of hydrogen-bond acceptors (Lipinski definition) is 0. The van der Waals surface area contributed by atoms with Gasteiger partial charge in [0.25, 0.3) is 0 Å². The minimum absolute atomic E-state index is 1.16. The Morgan fingerprint density at radius 3 is 2.08 bits per heavy atom. The third kappa shape index (κ3) is 10.2. The van der Waals surface area contributed by atoms with Crippen LogP contribution >= 0.6 is 0 Å². The monoisotopic (exact) mass is 160 g/mol. The van der Waals surface area contributed by atoms with Gasteiger partial charge in [0.1, 0.15) is 0 Å². The Hall–Kier alpha value is 0.195. The topological polar surface area (TPSA) is 0 Å². The van der Waals surface area contributed by atoms with Crippen LogP contribution in [0.2, 0.25) is 6.32 Å². The van der Waals surface area contributed by atoms with Crippen molar-refractivity contribution in [3.63, 3.8) is 0 Å². The lowest BCUT2D eigenvalue weighted by molar-refractivity contribution is 0.602. The Morgan fingerprint density at radius 1 is 0.917 bits per heavy atom. The molecule has 0 atom stereocenters. The molecule has 0 heterocycles. The molecule has 0 bridgehead atoms. The molecule has 0 amide bonds. The molecule has 0 rings (SSSR count). The molecule has 0 saturated carbocycles. The standard InChI is InChI=1S/C9H19B3/c1-2-3-4-5-6-7-8-9-11-12-10/h2-9H2,1H3. The predicted octanol–water partition coefficient (Wildman–Crippen LogP) is 2.56. The average Bonchev–Trinajstić information content (AvgIpc) is 2.10. The summed E-state index contributed by atoms with van der Waals surface area (Å²) in [6.07, 6.45) is 10.8. The van der Waals surface area contributed by atoms with Crippen LogP contribution < -0.4 is 0 Å². The molecule has 0 aromatic rings. The van der Waals surface area contributed by atoms with Gasteiger partial charge in [-0.05, 0) is 0 Å². The maximum absolute atomic E-state index is 5.23. The summed E-state index contributed by atoms with van der Waals surface area (Å²) in [7, 11) is 8.93. The lowest BCUT2D eigenvalue weighted by Crippen LogP contribution is -2.01. The van der Waals surface area contributed by atoms with Crippen LogP contribution in [0, 0.1) is 0 Å². The lowest BCUT2D eigenvalue weighted by Gasteiger charge is -1.99. The second kappa shape index (κ2) is 11.2. The molecule has 12 heavy (non-hydrogen) atoms. The summed E-state index contributed by atoms with van der Waals surface area (Å²) in [6.45, 7) is 2.26. The van der Waals surface area contributed by atoms with E-state index >= 15 is 0 Å². The first-order valence-electron chi connectivity index (χ1n) is 5.28. The van der Waals surface area contributed by atoms with Gasteiger partial charge < -0.3 is 0 Å². The minimum atomic E-state index is 1.16. The van der Waals surface area contributed by atoms with Gasteiger partial charge in [-0.25, -0.2) is 0 Å². The van der Waals surface area contributed by atoms with Gasteiger partial charge in [0.2, 0.25) is 0 Å². The number of rotatable bonds is 9. The van der Waals surface area contributed by atoms with Crippen LogP contribution in [0.3, 0.4) is 0 Å². The van der Waals surface area contributed by atoms with Gasteiger partial charge in [-0.3, -0.25) is 0 Å². The molecule has 0 aliphatic rings. The highest BCUT2D eigenvalue weighted by atomic mass is 13.9. The van der Waals surface area contributed by atoms with Gasteiger partial charge in [-0.2, -0.15) is 0 Å². The second-order valence-electron chi connectivity index (χ2n) is 3.34. The van der Waals surface area contributed by atoms with Crippen molar-refractivity contribution in [1.29, 1.82) is 0 Å². The van der Waals surface area contributed by atoms with E-state index in [1.165, 1.54) is 44.9 Å². The molecule has 0 aliphatic heterocycles. The fourth-order valence-corrected chi connectivity index (χ4v) is 1.32. The van der Waals surface area contributed by atoms with Gasteiger partial charge in [0.05, 0.1) is 7.17 Å². The number of hydrogen-bond donors (Lipinski definition) is 0. The summed E-state index contributed by atoms with van der Waals surface area (Å²) in [6, 6.07) is 0. The maximum atomic E-state index is 5.23. The Balaban J connectivity index is 2.73. The highest BCUT2D eigenvalue weighted by molar-refractivity contribution is 7.23. The third-order valence-corrected chi connectivity index (χ3v) is 2.11. The van der Waals surface area contributed by atoms with E-state index in [-0.39, 0.29) is 0 Å². The van der Waals surface area contributed by atoms with Crippen molar-refractivity contribution >= 4 is 22.0 Å². The molecule has 64 valence electrons. The molecule has 0 spiro atoms. The molecule has 0 aliphatic carbocycles. The summed E-state index contributed by atoms with van der Waals surface area (Å²) < 4.78 is 0. The smallest absolute Gasteiger partial charge is 0.0544 e. The molecule has 0 nitrogen and oxygen atoms in total. The molecule has 4 radical (unpaired) electrons. The van der Waals surface area contributed by atoms with Gasteiger partial charge in [-0.1, -0.05) is 58.2 Å². The van der Waals surface area contributed by atoms with Crippen LogP contribution in [0.5, 0.6) is 0 Å². The first-order valence-corrected chi connectivity index (χ1v) is 5.28. The van der Waals surface area contributed by atoms with Gasteiger partial charge >= 0.3 is 0 Å². The van der Waals surface area contributed by atoms with E-state index in [0.29, 0.717) is 0 Å².